The number of benzene rings is 1. The van der Waals surface area contributed by atoms with Crippen LogP contribution in [0.3, 0.4) is 0 Å². The van der Waals surface area contributed by atoms with Crippen LogP contribution in [0.15, 0.2) is 43.1 Å². The molecule has 3 atom stereocenters. The highest BCUT2D eigenvalue weighted by molar-refractivity contribution is 8.00. The number of aliphatic hydroxyl groups excluding tert-OH is 1. The molecule has 0 saturated heterocycles. The molecule has 0 aliphatic rings. The summed E-state index contributed by atoms with van der Waals surface area (Å²) < 4.78 is 5.31. The Balaban J connectivity index is 0.00000163. The third-order valence-corrected chi connectivity index (χ3v) is 5.71. The van der Waals surface area contributed by atoms with Crippen molar-refractivity contribution in [3.8, 4) is 5.75 Å². The summed E-state index contributed by atoms with van der Waals surface area (Å²) in [6.07, 6.45) is 4.13. The van der Waals surface area contributed by atoms with E-state index in [9.17, 15) is 5.11 Å². The molecular formula is C21H32N2O2S. The summed E-state index contributed by atoms with van der Waals surface area (Å²) in [5.41, 5.74) is 1.72. The van der Waals surface area contributed by atoms with Crippen molar-refractivity contribution in [1.29, 1.82) is 0 Å². The molecule has 0 radical (unpaired) electrons. The van der Waals surface area contributed by atoms with Gasteiger partial charge in [0, 0.05) is 28.6 Å². The van der Waals surface area contributed by atoms with Crippen LogP contribution in [-0.4, -0.2) is 41.3 Å². The fourth-order valence-corrected chi connectivity index (χ4v) is 3.84. The second-order valence-corrected chi connectivity index (χ2v) is 6.91. The highest BCUT2D eigenvalue weighted by atomic mass is 32.2. The van der Waals surface area contributed by atoms with E-state index in [4.69, 9.17) is 4.74 Å². The van der Waals surface area contributed by atoms with E-state index in [1.807, 2.05) is 63.0 Å². The summed E-state index contributed by atoms with van der Waals surface area (Å²) in [5, 5.41) is 15.5. The quantitative estimate of drug-likeness (QED) is 0.627. The van der Waals surface area contributed by atoms with Gasteiger partial charge in [0.2, 0.25) is 0 Å². The fourth-order valence-electron chi connectivity index (χ4n) is 2.66. The second-order valence-electron chi connectivity index (χ2n) is 5.64. The molecule has 0 aliphatic carbocycles. The SMILES string of the molecule is C=C[C@@H](CC)SC[C@@H](NC)[C@@H](O)c1ccnc2ccc(OC)cc12.CC. The Hall–Kier alpha value is -1.56. The van der Waals surface area contributed by atoms with Gasteiger partial charge in [0.1, 0.15) is 5.75 Å². The molecule has 0 aliphatic heterocycles. The monoisotopic (exact) mass is 376 g/mol. The minimum absolute atomic E-state index is 0.0548. The third kappa shape index (κ3) is 5.73. The van der Waals surface area contributed by atoms with Crippen LogP contribution in [0.5, 0.6) is 5.75 Å². The van der Waals surface area contributed by atoms with E-state index < -0.39 is 6.10 Å². The van der Waals surface area contributed by atoms with E-state index in [2.05, 4.69) is 23.8 Å². The Morgan fingerprint density at radius 3 is 2.65 bits per heavy atom. The van der Waals surface area contributed by atoms with Crippen LogP contribution in [0.1, 0.15) is 38.9 Å². The topological polar surface area (TPSA) is 54.4 Å². The van der Waals surface area contributed by atoms with E-state index in [0.717, 1.165) is 34.4 Å². The molecule has 1 aromatic carbocycles. The molecular weight excluding hydrogens is 344 g/mol. The average molecular weight is 377 g/mol. The Bertz CT molecular complexity index is 678. The van der Waals surface area contributed by atoms with E-state index in [1.165, 1.54) is 0 Å². The van der Waals surface area contributed by atoms with Crippen LogP contribution in [-0.2, 0) is 0 Å². The molecule has 0 saturated carbocycles. The molecule has 5 heteroatoms. The third-order valence-electron chi connectivity index (χ3n) is 4.21. The molecule has 0 fully saturated rings. The summed E-state index contributed by atoms with van der Waals surface area (Å²) in [6, 6.07) is 7.55. The largest absolute Gasteiger partial charge is 0.497 e. The zero-order chi connectivity index (χ0) is 19.5. The van der Waals surface area contributed by atoms with Gasteiger partial charge in [0.05, 0.1) is 18.7 Å². The molecule has 4 nitrogen and oxygen atoms in total. The van der Waals surface area contributed by atoms with E-state index in [1.54, 1.807) is 13.3 Å². The van der Waals surface area contributed by atoms with Crippen LogP contribution < -0.4 is 10.1 Å². The maximum absolute atomic E-state index is 10.9. The predicted octanol–water partition coefficient (Wildman–Crippen LogP) is 4.59. The van der Waals surface area contributed by atoms with E-state index in [0.29, 0.717) is 5.25 Å². The highest BCUT2D eigenvalue weighted by Crippen LogP contribution is 2.30. The summed E-state index contributed by atoms with van der Waals surface area (Å²) in [4.78, 5) is 4.38. The van der Waals surface area contributed by atoms with Gasteiger partial charge in [-0.25, -0.2) is 0 Å². The molecule has 1 heterocycles. The van der Waals surface area contributed by atoms with Gasteiger partial charge in [-0.05, 0) is 43.3 Å². The Kier molecular flexibility index (Phi) is 10.3. The highest BCUT2D eigenvalue weighted by Gasteiger charge is 2.22. The Labute approximate surface area is 162 Å². The van der Waals surface area contributed by atoms with Gasteiger partial charge in [-0.1, -0.05) is 26.8 Å². The second kappa shape index (κ2) is 11.9. The van der Waals surface area contributed by atoms with Crippen molar-refractivity contribution in [2.75, 3.05) is 19.9 Å². The zero-order valence-electron chi connectivity index (χ0n) is 16.5. The van der Waals surface area contributed by atoms with Crippen LogP contribution >= 0.6 is 11.8 Å². The van der Waals surface area contributed by atoms with Crippen molar-refractivity contribution in [1.82, 2.24) is 10.3 Å². The van der Waals surface area contributed by atoms with Crippen molar-refractivity contribution in [2.45, 2.75) is 44.6 Å². The van der Waals surface area contributed by atoms with Gasteiger partial charge in [-0.3, -0.25) is 4.98 Å². The van der Waals surface area contributed by atoms with E-state index >= 15 is 0 Å². The molecule has 0 amide bonds. The lowest BCUT2D eigenvalue weighted by atomic mass is 9.99. The average Bonchev–Trinajstić information content (AvgIpc) is 2.71. The van der Waals surface area contributed by atoms with Gasteiger partial charge in [0.25, 0.3) is 0 Å². The van der Waals surface area contributed by atoms with Gasteiger partial charge < -0.3 is 15.2 Å². The molecule has 1 aromatic heterocycles. The number of nitrogens with zero attached hydrogens (tertiary/aromatic N) is 1. The molecule has 144 valence electrons. The van der Waals surface area contributed by atoms with Gasteiger partial charge >= 0.3 is 0 Å². The number of likely N-dealkylation sites (N-methyl/N-ethyl adjacent to an activating group) is 1. The first-order valence-corrected chi connectivity index (χ1v) is 10.2. The van der Waals surface area contributed by atoms with Gasteiger partial charge in [-0.2, -0.15) is 11.8 Å². The maximum atomic E-state index is 10.9. The number of pyridine rings is 1. The predicted molar refractivity (Wildman–Crippen MR) is 114 cm³/mol. The molecule has 26 heavy (non-hydrogen) atoms. The molecule has 0 spiro atoms. The van der Waals surface area contributed by atoms with Crippen LogP contribution in [0.2, 0.25) is 0 Å². The molecule has 2 aromatic rings. The normalized spacial score (nSPS) is 14.1. The standard InChI is InChI=1S/C19H26N2O2S.C2H6/c1-5-14(6-2)24-12-18(20-3)19(22)15-9-10-21-17-8-7-13(23-4)11-16(15)17;1-2/h5,7-11,14,18-20,22H,1,6,12H2,2-4H3;1-2H3/t14-,18+,19-;/m0./s1. The lowest BCUT2D eigenvalue weighted by Gasteiger charge is -2.25. The lowest BCUT2D eigenvalue weighted by Crippen LogP contribution is -2.35. The summed E-state index contributed by atoms with van der Waals surface area (Å²) in [5.74, 6) is 1.56. The smallest absolute Gasteiger partial charge is 0.119 e. The number of rotatable bonds is 9. The Morgan fingerprint density at radius 2 is 2.08 bits per heavy atom. The maximum Gasteiger partial charge on any atom is 0.119 e. The lowest BCUT2D eigenvalue weighted by molar-refractivity contribution is 0.143. The van der Waals surface area contributed by atoms with E-state index in [-0.39, 0.29) is 6.04 Å². The minimum atomic E-state index is -0.623. The van der Waals surface area contributed by atoms with Crippen LogP contribution in [0.4, 0.5) is 0 Å². The first-order chi connectivity index (χ1) is 12.6. The molecule has 0 bridgehead atoms. The molecule has 2 rings (SSSR count). The first kappa shape index (κ1) is 22.5. The number of aromatic nitrogens is 1. The van der Waals surface area contributed by atoms with Crippen molar-refractivity contribution in [2.24, 2.45) is 0 Å². The fraction of sp³-hybridized carbons (Fsp3) is 0.476. The van der Waals surface area contributed by atoms with Crippen molar-refractivity contribution < 1.29 is 9.84 Å². The number of fused-ring (bicyclic) bond motifs is 1. The Morgan fingerprint density at radius 1 is 1.35 bits per heavy atom. The summed E-state index contributed by atoms with van der Waals surface area (Å²) >= 11 is 1.81. The number of hydrogen-bond donors (Lipinski definition) is 2. The van der Waals surface area contributed by atoms with Gasteiger partial charge in [0.15, 0.2) is 0 Å². The molecule has 0 unspecified atom stereocenters. The number of aliphatic hydroxyl groups is 1. The number of thioether (sulfide) groups is 1. The first-order valence-electron chi connectivity index (χ1n) is 9.16. The van der Waals surface area contributed by atoms with Crippen LogP contribution in [0, 0.1) is 0 Å². The van der Waals surface area contributed by atoms with Crippen LogP contribution in [0.25, 0.3) is 10.9 Å². The zero-order valence-corrected chi connectivity index (χ0v) is 17.3. The molecule has 2 N–H and O–H groups in total. The number of methoxy groups -OCH3 is 1. The number of ether oxygens (including phenoxy) is 1. The van der Waals surface area contributed by atoms with Crippen molar-refractivity contribution in [3.63, 3.8) is 0 Å². The number of hydrogen-bond acceptors (Lipinski definition) is 5. The van der Waals surface area contributed by atoms with Crippen molar-refractivity contribution in [3.05, 3.63) is 48.7 Å². The van der Waals surface area contributed by atoms with Crippen molar-refractivity contribution >= 4 is 22.7 Å². The minimum Gasteiger partial charge on any atom is -0.497 e. The summed E-state index contributed by atoms with van der Waals surface area (Å²) in [7, 11) is 3.52. The van der Waals surface area contributed by atoms with Gasteiger partial charge in [-0.15, -0.1) is 6.58 Å². The number of nitrogens with one attached hydrogen (secondary N) is 1. The summed E-state index contributed by atoms with van der Waals surface area (Å²) in [6.45, 7) is 10.0.